The summed E-state index contributed by atoms with van der Waals surface area (Å²) in [5.74, 6) is -0.819. The third-order valence-electron chi connectivity index (χ3n) is 6.61. The van der Waals surface area contributed by atoms with Crippen LogP contribution >= 0.6 is 31.9 Å². The number of hydrogen-bond acceptors (Lipinski definition) is 4. The monoisotopic (exact) mass is 711 g/mol. The first kappa shape index (κ1) is 31.5. The van der Waals surface area contributed by atoms with Crippen LogP contribution in [0.3, 0.4) is 0 Å². The normalized spacial score (nSPS) is 11.9. The van der Waals surface area contributed by atoms with Crippen LogP contribution < -0.4 is 9.62 Å². The summed E-state index contributed by atoms with van der Waals surface area (Å²) >= 11 is 6.84. The number of carbonyl (C=O) groups is 2. The van der Waals surface area contributed by atoms with Gasteiger partial charge in [-0.15, -0.1) is 0 Å². The van der Waals surface area contributed by atoms with Crippen LogP contribution in [-0.2, 0) is 32.6 Å². The number of sulfonamides is 1. The third-order valence-corrected chi connectivity index (χ3v) is 9.46. The van der Waals surface area contributed by atoms with Gasteiger partial charge in [0.2, 0.25) is 11.8 Å². The predicted molar refractivity (Wildman–Crippen MR) is 172 cm³/mol. The Morgan fingerprint density at radius 1 is 0.762 bits per heavy atom. The van der Waals surface area contributed by atoms with E-state index in [1.165, 1.54) is 17.0 Å². The van der Waals surface area contributed by atoms with Crippen LogP contribution in [0.1, 0.15) is 18.1 Å². The summed E-state index contributed by atoms with van der Waals surface area (Å²) in [6, 6.07) is 30.8. The summed E-state index contributed by atoms with van der Waals surface area (Å²) in [5.41, 5.74) is 2.01. The minimum absolute atomic E-state index is 0.0599. The highest BCUT2D eigenvalue weighted by Gasteiger charge is 2.34. The van der Waals surface area contributed by atoms with Gasteiger partial charge in [0.1, 0.15) is 12.6 Å². The summed E-state index contributed by atoms with van der Waals surface area (Å²) in [6.45, 7) is 1.82. The quantitative estimate of drug-likeness (QED) is 0.190. The summed E-state index contributed by atoms with van der Waals surface area (Å²) in [5, 5.41) is 2.87. The molecule has 0 heterocycles. The molecule has 0 aromatic heterocycles. The van der Waals surface area contributed by atoms with Gasteiger partial charge < -0.3 is 10.2 Å². The van der Waals surface area contributed by atoms with Crippen molar-refractivity contribution in [2.45, 2.75) is 30.8 Å². The molecule has 0 fully saturated rings. The smallest absolute Gasteiger partial charge is 0.264 e. The second kappa shape index (κ2) is 14.6. The number of nitrogens with zero attached hydrogens (tertiary/aromatic N) is 2. The SMILES string of the molecule is CCNC(=O)[C@@H](Cc1ccccc1)N(Cc1ccc(Br)cc1)C(=O)CN(c1ccc(Br)cc1)S(=O)(=O)c1ccccc1. The molecule has 0 saturated heterocycles. The lowest BCUT2D eigenvalue weighted by Gasteiger charge is -2.33. The number of benzene rings is 4. The second-order valence-electron chi connectivity index (χ2n) is 9.55. The molecule has 4 rings (SSSR count). The highest BCUT2D eigenvalue weighted by molar-refractivity contribution is 9.10. The van der Waals surface area contributed by atoms with Crippen molar-refractivity contribution >= 4 is 59.4 Å². The van der Waals surface area contributed by atoms with Crippen molar-refractivity contribution in [3.63, 3.8) is 0 Å². The summed E-state index contributed by atoms with van der Waals surface area (Å²) in [7, 11) is -4.13. The van der Waals surface area contributed by atoms with Gasteiger partial charge in [-0.1, -0.05) is 92.5 Å². The van der Waals surface area contributed by atoms with Crippen molar-refractivity contribution < 1.29 is 18.0 Å². The molecule has 42 heavy (non-hydrogen) atoms. The summed E-state index contributed by atoms with van der Waals surface area (Å²) < 4.78 is 30.6. The third kappa shape index (κ3) is 8.08. The first-order valence-corrected chi connectivity index (χ1v) is 16.4. The van der Waals surface area contributed by atoms with Crippen molar-refractivity contribution in [3.05, 3.63) is 129 Å². The average molecular weight is 713 g/mol. The molecule has 0 saturated carbocycles. The lowest BCUT2D eigenvalue weighted by molar-refractivity contribution is -0.140. The molecule has 218 valence electrons. The van der Waals surface area contributed by atoms with Gasteiger partial charge in [0.15, 0.2) is 0 Å². The Morgan fingerprint density at radius 2 is 1.31 bits per heavy atom. The molecular formula is C32H31Br2N3O4S. The minimum atomic E-state index is -4.13. The van der Waals surface area contributed by atoms with Crippen LogP contribution in [0.2, 0.25) is 0 Å². The molecule has 10 heteroatoms. The van der Waals surface area contributed by atoms with E-state index in [1.54, 1.807) is 42.5 Å². The van der Waals surface area contributed by atoms with E-state index in [4.69, 9.17) is 0 Å². The van der Waals surface area contributed by atoms with Crippen molar-refractivity contribution in [2.24, 2.45) is 0 Å². The fourth-order valence-corrected chi connectivity index (χ4v) is 6.45. The van der Waals surface area contributed by atoms with Gasteiger partial charge in [-0.2, -0.15) is 0 Å². The molecule has 0 aliphatic carbocycles. The van der Waals surface area contributed by atoms with Gasteiger partial charge in [-0.3, -0.25) is 13.9 Å². The van der Waals surface area contributed by atoms with Gasteiger partial charge in [0.25, 0.3) is 10.0 Å². The van der Waals surface area contributed by atoms with Crippen molar-refractivity contribution in [1.29, 1.82) is 0 Å². The molecule has 4 aromatic rings. The molecule has 1 N–H and O–H groups in total. The van der Waals surface area contributed by atoms with Gasteiger partial charge in [0.05, 0.1) is 10.6 Å². The van der Waals surface area contributed by atoms with E-state index in [-0.39, 0.29) is 23.8 Å². The van der Waals surface area contributed by atoms with Gasteiger partial charge in [-0.05, 0) is 66.6 Å². The Morgan fingerprint density at radius 3 is 1.88 bits per heavy atom. The fourth-order valence-electron chi connectivity index (χ4n) is 4.49. The van der Waals surface area contributed by atoms with Crippen molar-refractivity contribution in [2.75, 3.05) is 17.4 Å². The Kier molecular flexibility index (Phi) is 11.0. The highest BCUT2D eigenvalue weighted by Crippen LogP contribution is 2.26. The highest BCUT2D eigenvalue weighted by atomic mass is 79.9. The van der Waals surface area contributed by atoms with E-state index in [2.05, 4.69) is 37.2 Å². The molecule has 0 aliphatic heterocycles. The number of amides is 2. The van der Waals surface area contributed by atoms with Crippen LogP contribution in [0.25, 0.3) is 0 Å². The molecule has 4 aromatic carbocycles. The van der Waals surface area contributed by atoms with Crippen molar-refractivity contribution in [3.8, 4) is 0 Å². The van der Waals surface area contributed by atoms with E-state index in [0.717, 1.165) is 24.4 Å². The van der Waals surface area contributed by atoms with E-state index in [1.807, 2.05) is 61.5 Å². The maximum atomic E-state index is 14.3. The lowest BCUT2D eigenvalue weighted by atomic mass is 10.0. The zero-order valence-electron chi connectivity index (χ0n) is 23.0. The number of hydrogen-bond donors (Lipinski definition) is 1. The van der Waals surface area contributed by atoms with Crippen LogP contribution in [0.5, 0.6) is 0 Å². The maximum absolute atomic E-state index is 14.3. The van der Waals surface area contributed by atoms with E-state index in [0.29, 0.717) is 12.2 Å². The topological polar surface area (TPSA) is 86.8 Å². The molecule has 2 amide bonds. The number of rotatable bonds is 12. The Hall–Kier alpha value is -3.47. The molecule has 0 aliphatic rings. The molecule has 0 radical (unpaired) electrons. The minimum Gasteiger partial charge on any atom is -0.355 e. The number of likely N-dealkylation sites (N-methyl/N-ethyl adjacent to an activating group) is 1. The fraction of sp³-hybridized carbons (Fsp3) is 0.188. The molecule has 7 nitrogen and oxygen atoms in total. The standard InChI is InChI=1S/C32H31Br2N3O4S/c1-2-35-32(39)30(21-24-9-5-3-6-10-24)36(22-25-13-15-26(33)16-14-25)31(38)23-37(28-19-17-27(34)18-20-28)42(40,41)29-11-7-4-8-12-29/h3-20,30H,2,21-23H2,1H3,(H,35,39)/t30-/m1/s1. The summed E-state index contributed by atoms with van der Waals surface area (Å²) in [4.78, 5) is 29.3. The average Bonchev–Trinajstić information content (AvgIpc) is 3.00. The van der Waals surface area contributed by atoms with E-state index < -0.39 is 28.5 Å². The predicted octanol–water partition coefficient (Wildman–Crippen LogP) is 6.18. The molecular weight excluding hydrogens is 682 g/mol. The molecule has 0 unspecified atom stereocenters. The molecule has 0 spiro atoms. The Bertz CT molecular complexity index is 1580. The number of halogens is 2. The zero-order chi connectivity index (χ0) is 30.1. The first-order chi connectivity index (χ1) is 20.2. The largest absolute Gasteiger partial charge is 0.355 e. The van der Waals surface area contributed by atoms with Crippen LogP contribution in [0.4, 0.5) is 5.69 Å². The number of anilines is 1. The summed E-state index contributed by atoms with van der Waals surface area (Å²) in [6.07, 6.45) is 0.263. The van der Waals surface area contributed by atoms with E-state index >= 15 is 0 Å². The first-order valence-electron chi connectivity index (χ1n) is 13.4. The number of carbonyl (C=O) groups excluding carboxylic acids is 2. The second-order valence-corrected chi connectivity index (χ2v) is 13.2. The van der Waals surface area contributed by atoms with Crippen molar-refractivity contribution in [1.82, 2.24) is 10.2 Å². The van der Waals surface area contributed by atoms with E-state index in [9.17, 15) is 18.0 Å². The van der Waals surface area contributed by atoms with Crippen LogP contribution in [0, 0.1) is 0 Å². The number of nitrogens with one attached hydrogen (secondary N) is 1. The lowest BCUT2D eigenvalue weighted by Crippen LogP contribution is -2.53. The maximum Gasteiger partial charge on any atom is 0.264 e. The molecule has 1 atom stereocenters. The van der Waals surface area contributed by atoms with Crippen LogP contribution in [-0.4, -0.2) is 44.3 Å². The van der Waals surface area contributed by atoms with Gasteiger partial charge >= 0.3 is 0 Å². The van der Waals surface area contributed by atoms with Crippen LogP contribution in [0.15, 0.2) is 123 Å². The Labute approximate surface area is 263 Å². The zero-order valence-corrected chi connectivity index (χ0v) is 27.0. The van der Waals surface area contributed by atoms with Gasteiger partial charge in [0, 0.05) is 28.5 Å². The molecule has 0 bridgehead atoms. The van der Waals surface area contributed by atoms with Gasteiger partial charge in [-0.25, -0.2) is 8.42 Å². The Balaban J connectivity index is 1.78.